The molecule has 2 amide bonds. The van der Waals surface area contributed by atoms with E-state index in [1.54, 1.807) is 0 Å². The molecule has 3 rings (SSSR count). The molecule has 0 aromatic rings. The minimum absolute atomic E-state index is 0.247. The highest BCUT2D eigenvalue weighted by molar-refractivity contribution is 5.74. The number of rotatable bonds is 0. The van der Waals surface area contributed by atoms with E-state index >= 15 is 0 Å². The average molecular weight is 238 g/mol. The first-order chi connectivity index (χ1) is 8.22. The highest BCUT2D eigenvalue weighted by Gasteiger charge is 2.37. The van der Waals surface area contributed by atoms with E-state index in [0.29, 0.717) is 12.2 Å². The number of likely N-dealkylation sites (tertiary alicyclic amines) is 2. The molecule has 0 aliphatic carbocycles. The van der Waals surface area contributed by atoms with Gasteiger partial charge in [-0.1, -0.05) is 6.92 Å². The molecular formula is C13H22N2O2. The molecule has 2 atom stereocenters. The van der Waals surface area contributed by atoms with Crippen LogP contribution in [0.25, 0.3) is 0 Å². The van der Waals surface area contributed by atoms with Crippen LogP contribution < -0.4 is 0 Å². The first kappa shape index (κ1) is 11.3. The van der Waals surface area contributed by atoms with Crippen LogP contribution in [0, 0.1) is 5.92 Å². The smallest absolute Gasteiger partial charge is 0.320 e. The Kier molecular flexibility index (Phi) is 2.99. The molecule has 3 fully saturated rings. The zero-order valence-corrected chi connectivity index (χ0v) is 10.6. The summed E-state index contributed by atoms with van der Waals surface area (Å²) in [5.41, 5.74) is 0. The maximum absolute atomic E-state index is 12.4. The van der Waals surface area contributed by atoms with Crippen LogP contribution in [0.1, 0.15) is 32.6 Å². The molecule has 0 N–H and O–H groups in total. The quantitative estimate of drug-likeness (QED) is 0.643. The van der Waals surface area contributed by atoms with E-state index in [4.69, 9.17) is 4.74 Å². The number of carbonyl (C=O) groups excluding carboxylic acids is 1. The zero-order chi connectivity index (χ0) is 11.8. The van der Waals surface area contributed by atoms with Crippen LogP contribution in [-0.2, 0) is 4.74 Å². The van der Waals surface area contributed by atoms with Crippen molar-refractivity contribution in [2.45, 2.75) is 44.8 Å². The SMILES string of the molecule is CC1CCN(C(=O)N2CC3CCC(C2)O3)CC1. The van der Waals surface area contributed by atoms with Crippen LogP contribution in [0.5, 0.6) is 0 Å². The van der Waals surface area contributed by atoms with Gasteiger partial charge < -0.3 is 14.5 Å². The summed E-state index contributed by atoms with van der Waals surface area (Å²) in [7, 11) is 0. The molecule has 0 aromatic heterocycles. The largest absolute Gasteiger partial charge is 0.371 e. The number of hydrogen-bond acceptors (Lipinski definition) is 2. The van der Waals surface area contributed by atoms with Gasteiger partial charge in [-0.15, -0.1) is 0 Å². The van der Waals surface area contributed by atoms with Crippen molar-refractivity contribution >= 4 is 6.03 Å². The second-order valence-electron chi connectivity index (χ2n) is 5.81. The van der Waals surface area contributed by atoms with Crippen LogP contribution >= 0.6 is 0 Å². The van der Waals surface area contributed by atoms with E-state index in [1.165, 1.54) is 0 Å². The fraction of sp³-hybridized carbons (Fsp3) is 0.923. The fourth-order valence-corrected chi connectivity index (χ4v) is 3.17. The van der Waals surface area contributed by atoms with Gasteiger partial charge in [0.2, 0.25) is 0 Å². The molecular weight excluding hydrogens is 216 g/mol. The molecule has 3 saturated heterocycles. The van der Waals surface area contributed by atoms with Gasteiger partial charge in [-0.2, -0.15) is 0 Å². The molecule has 17 heavy (non-hydrogen) atoms. The van der Waals surface area contributed by atoms with Crippen molar-refractivity contribution in [1.29, 1.82) is 0 Å². The first-order valence-electron chi connectivity index (χ1n) is 6.91. The predicted molar refractivity (Wildman–Crippen MR) is 64.8 cm³/mol. The van der Waals surface area contributed by atoms with Crippen LogP contribution in [0.4, 0.5) is 4.79 Å². The van der Waals surface area contributed by atoms with Gasteiger partial charge in [-0.05, 0) is 31.6 Å². The van der Waals surface area contributed by atoms with Crippen LogP contribution in [-0.4, -0.2) is 54.2 Å². The number of morpholine rings is 1. The highest BCUT2D eigenvalue weighted by atomic mass is 16.5. The molecule has 4 heteroatoms. The van der Waals surface area contributed by atoms with E-state index in [0.717, 1.165) is 57.8 Å². The minimum atomic E-state index is 0.247. The molecule has 4 nitrogen and oxygen atoms in total. The topological polar surface area (TPSA) is 32.8 Å². The van der Waals surface area contributed by atoms with Crippen molar-refractivity contribution < 1.29 is 9.53 Å². The van der Waals surface area contributed by atoms with Gasteiger partial charge >= 0.3 is 6.03 Å². The Morgan fingerprint density at radius 3 is 2.18 bits per heavy atom. The Bertz CT molecular complexity index is 288. The first-order valence-corrected chi connectivity index (χ1v) is 6.91. The molecule has 0 radical (unpaired) electrons. The number of carbonyl (C=O) groups is 1. The third-order valence-corrected chi connectivity index (χ3v) is 4.37. The van der Waals surface area contributed by atoms with Crippen LogP contribution in [0.15, 0.2) is 0 Å². The fourth-order valence-electron chi connectivity index (χ4n) is 3.17. The summed E-state index contributed by atoms with van der Waals surface area (Å²) in [5, 5.41) is 0. The molecule has 0 spiro atoms. The lowest BCUT2D eigenvalue weighted by Gasteiger charge is -2.38. The minimum Gasteiger partial charge on any atom is -0.371 e. The number of piperidine rings is 1. The number of hydrogen-bond donors (Lipinski definition) is 0. The maximum Gasteiger partial charge on any atom is 0.320 e. The summed E-state index contributed by atoms with van der Waals surface area (Å²) in [4.78, 5) is 16.4. The number of urea groups is 1. The number of fused-ring (bicyclic) bond motifs is 2. The van der Waals surface area contributed by atoms with Crippen LogP contribution in [0.3, 0.4) is 0 Å². The Labute approximate surface area is 103 Å². The van der Waals surface area contributed by atoms with Gasteiger partial charge in [0.1, 0.15) is 0 Å². The summed E-state index contributed by atoms with van der Waals surface area (Å²) in [5.74, 6) is 0.778. The molecule has 3 heterocycles. The molecule has 2 bridgehead atoms. The van der Waals surface area contributed by atoms with Gasteiger partial charge in [0.15, 0.2) is 0 Å². The summed E-state index contributed by atoms with van der Waals surface area (Å²) in [6.45, 7) is 5.76. The Morgan fingerprint density at radius 1 is 1.00 bits per heavy atom. The lowest BCUT2D eigenvalue weighted by molar-refractivity contribution is -0.0296. The molecule has 96 valence electrons. The lowest BCUT2D eigenvalue weighted by Crippen LogP contribution is -2.52. The van der Waals surface area contributed by atoms with Gasteiger partial charge in [0.05, 0.1) is 12.2 Å². The van der Waals surface area contributed by atoms with Gasteiger partial charge in [-0.25, -0.2) is 4.79 Å². The molecule has 3 aliphatic heterocycles. The maximum atomic E-state index is 12.4. The number of nitrogens with zero attached hydrogens (tertiary/aromatic N) is 2. The summed E-state index contributed by atoms with van der Waals surface area (Å²) in [6, 6.07) is 0.247. The Morgan fingerprint density at radius 2 is 1.59 bits per heavy atom. The highest BCUT2D eigenvalue weighted by Crippen LogP contribution is 2.27. The van der Waals surface area contributed by atoms with E-state index in [-0.39, 0.29) is 6.03 Å². The van der Waals surface area contributed by atoms with Crippen molar-refractivity contribution in [2.24, 2.45) is 5.92 Å². The molecule has 0 saturated carbocycles. The van der Waals surface area contributed by atoms with Gasteiger partial charge in [-0.3, -0.25) is 0 Å². The lowest BCUT2D eigenvalue weighted by atomic mass is 9.99. The number of amides is 2. The Balaban J connectivity index is 1.59. The van der Waals surface area contributed by atoms with Crippen molar-refractivity contribution in [3.8, 4) is 0 Å². The van der Waals surface area contributed by atoms with Crippen molar-refractivity contribution in [3.63, 3.8) is 0 Å². The van der Waals surface area contributed by atoms with E-state index in [2.05, 4.69) is 6.92 Å². The average Bonchev–Trinajstić information content (AvgIpc) is 2.68. The zero-order valence-electron chi connectivity index (χ0n) is 10.6. The normalized spacial score (nSPS) is 34.2. The third kappa shape index (κ3) is 2.28. The van der Waals surface area contributed by atoms with Crippen molar-refractivity contribution in [3.05, 3.63) is 0 Å². The van der Waals surface area contributed by atoms with E-state index < -0.39 is 0 Å². The third-order valence-electron chi connectivity index (χ3n) is 4.37. The molecule has 0 aromatic carbocycles. The summed E-state index contributed by atoms with van der Waals surface area (Å²) >= 11 is 0. The Hall–Kier alpha value is -0.770. The second kappa shape index (κ2) is 4.48. The predicted octanol–water partition coefficient (Wildman–Crippen LogP) is 1.70. The monoisotopic (exact) mass is 238 g/mol. The van der Waals surface area contributed by atoms with Crippen molar-refractivity contribution in [1.82, 2.24) is 9.80 Å². The van der Waals surface area contributed by atoms with Crippen LogP contribution in [0.2, 0.25) is 0 Å². The van der Waals surface area contributed by atoms with E-state index in [9.17, 15) is 4.79 Å². The van der Waals surface area contributed by atoms with Gasteiger partial charge in [0, 0.05) is 26.2 Å². The number of ether oxygens (including phenoxy) is 1. The summed E-state index contributed by atoms with van der Waals surface area (Å²) < 4.78 is 5.77. The van der Waals surface area contributed by atoms with E-state index in [1.807, 2.05) is 9.80 Å². The van der Waals surface area contributed by atoms with Gasteiger partial charge in [0.25, 0.3) is 0 Å². The second-order valence-corrected chi connectivity index (χ2v) is 5.81. The molecule has 3 aliphatic rings. The molecule has 2 unspecified atom stereocenters. The standard InChI is InChI=1S/C13H22N2O2/c1-10-4-6-14(7-5-10)13(16)15-8-11-2-3-12(9-15)17-11/h10-12H,2-9H2,1H3. The van der Waals surface area contributed by atoms with Crippen molar-refractivity contribution in [2.75, 3.05) is 26.2 Å². The summed E-state index contributed by atoms with van der Waals surface area (Å²) in [6.07, 6.45) is 5.19.